The Balaban J connectivity index is 1.84. The van der Waals surface area contributed by atoms with E-state index in [-0.39, 0.29) is 6.61 Å². The highest BCUT2D eigenvalue weighted by Gasteiger charge is 2.08. The largest absolute Gasteiger partial charge is 0.485 e. The third kappa shape index (κ3) is 2.55. The van der Waals surface area contributed by atoms with E-state index >= 15 is 0 Å². The van der Waals surface area contributed by atoms with Crippen LogP contribution in [0.3, 0.4) is 0 Å². The van der Waals surface area contributed by atoms with E-state index in [1.807, 2.05) is 30.5 Å². The Labute approximate surface area is 125 Å². The number of nitrogens with two attached hydrogens (primary N) is 1. The summed E-state index contributed by atoms with van der Waals surface area (Å²) in [4.78, 5) is 9.56. The highest BCUT2D eigenvalue weighted by atomic mass is 35.5. The predicted molar refractivity (Wildman–Crippen MR) is 82.3 cm³/mol. The minimum atomic E-state index is 0.263. The van der Waals surface area contributed by atoms with Gasteiger partial charge < -0.3 is 10.5 Å². The van der Waals surface area contributed by atoms with E-state index in [2.05, 4.69) is 9.97 Å². The van der Waals surface area contributed by atoms with Crippen molar-refractivity contribution in [2.75, 3.05) is 5.73 Å². The SMILES string of the molecule is Cc1ccc(Cl)cc1OCc1nc(N)c2ccsc2n1. The van der Waals surface area contributed by atoms with Crippen LogP contribution in [0.4, 0.5) is 5.82 Å². The quantitative estimate of drug-likeness (QED) is 0.799. The maximum absolute atomic E-state index is 5.96. The molecule has 0 spiro atoms. The van der Waals surface area contributed by atoms with Gasteiger partial charge in [-0.05, 0) is 36.1 Å². The molecule has 3 rings (SSSR count). The van der Waals surface area contributed by atoms with Gasteiger partial charge in [0.1, 0.15) is 23.0 Å². The highest BCUT2D eigenvalue weighted by Crippen LogP contribution is 2.25. The van der Waals surface area contributed by atoms with E-state index < -0.39 is 0 Å². The zero-order valence-corrected chi connectivity index (χ0v) is 12.3. The van der Waals surface area contributed by atoms with Crippen LogP contribution in [0.5, 0.6) is 5.75 Å². The number of fused-ring (bicyclic) bond motifs is 1. The molecule has 0 aliphatic carbocycles. The summed E-state index contributed by atoms with van der Waals surface area (Å²) in [6, 6.07) is 7.44. The Hall–Kier alpha value is -1.85. The zero-order chi connectivity index (χ0) is 14.1. The third-order valence-corrected chi connectivity index (χ3v) is 3.95. The van der Waals surface area contributed by atoms with Crippen LogP contribution < -0.4 is 10.5 Å². The van der Waals surface area contributed by atoms with Crippen molar-refractivity contribution in [3.8, 4) is 5.75 Å². The molecule has 2 heterocycles. The lowest BCUT2D eigenvalue weighted by atomic mass is 10.2. The van der Waals surface area contributed by atoms with Crippen molar-refractivity contribution < 1.29 is 4.74 Å². The predicted octanol–water partition coefficient (Wildman–Crippen LogP) is 3.81. The van der Waals surface area contributed by atoms with Gasteiger partial charge in [0.05, 0.1) is 5.39 Å². The lowest BCUT2D eigenvalue weighted by Gasteiger charge is -2.09. The number of halogens is 1. The van der Waals surface area contributed by atoms with Gasteiger partial charge in [0.2, 0.25) is 0 Å². The van der Waals surface area contributed by atoms with Crippen LogP contribution in [0.15, 0.2) is 29.6 Å². The van der Waals surface area contributed by atoms with Crippen molar-refractivity contribution in [3.05, 3.63) is 46.1 Å². The minimum absolute atomic E-state index is 0.263. The molecule has 0 fully saturated rings. The van der Waals surface area contributed by atoms with Crippen LogP contribution in [0.25, 0.3) is 10.2 Å². The molecule has 4 nitrogen and oxygen atoms in total. The minimum Gasteiger partial charge on any atom is -0.485 e. The molecule has 2 N–H and O–H groups in total. The molecule has 20 heavy (non-hydrogen) atoms. The molecule has 2 aromatic heterocycles. The summed E-state index contributed by atoms with van der Waals surface area (Å²) >= 11 is 7.49. The number of thiophene rings is 1. The number of ether oxygens (including phenoxy) is 1. The molecule has 0 bridgehead atoms. The second-order valence-electron chi connectivity index (χ2n) is 4.36. The zero-order valence-electron chi connectivity index (χ0n) is 10.8. The van der Waals surface area contributed by atoms with Crippen molar-refractivity contribution in [3.63, 3.8) is 0 Å². The lowest BCUT2D eigenvalue weighted by Crippen LogP contribution is -2.04. The summed E-state index contributed by atoms with van der Waals surface area (Å²) in [5, 5.41) is 3.47. The van der Waals surface area contributed by atoms with Gasteiger partial charge in [0.15, 0.2) is 5.82 Å². The van der Waals surface area contributed by atoms with E-state index in [1.54, 1.807) is 6.07 Å². The highest BCUT2D eigenvalue weighted by molar-refractivity contribution is 7.16. The number of aromatic nitrogens is 2. The number of nitrogen functional groups attached to an aromatic ring is 1. The summed E-state index contributed by atoms with van der Waals surface area (Å²) in [6.07, 6.45) is 0. The average Bonchev–Trinajstić information content (AvgIpc) is 2.89. The van der Waals surface area contributed by atoms with E-state index in [0.717, 1.165) is 21.5 Å². The number of hydrogen-bond acceptors (Lipinski definition) is 5. The van der Waals surface area contributed by atoms with Gasteiger partial charge >= 0.3 is 0 Å². The Kier molecular flexibility index (Phi) is 3.46. The van der Waals surface area contributed by atoms with Gasteiger partial charge in [0, 0.05) is 5.02 Å². The van der Waals surface area contributed by atoms with Crippen molar-refractivity contribution in [2.24, 2.45) is 0 Å². The first-order chi connectivity index (χ1) is 9.63. The number of nitrogens with zero attached hydrogens (tertiary/aromatic N) is 2. The number of hydrogen-bond donors (Lipinski definition) is 1. The number of benzene rings is 1. The van der Waals surface area contributed by atoms with E-state index in [4.69, 9.17) is 22.1 Å². The van der Waals surface area contributed by atoms with Crippen molar-refractivity contribution in [1.82, 2.24) is 9.97 Å². The summed E-state index contributed by atoms with van der Waals surface area (Å²) < 4.78 is 5.72. The normalized spacial score (nSPS) is 10.9. The second-order valence-corrected chi connectivity index (χ2v) is 5.69. The topological polar surface area (TPSA) is 61.0 Å². The maximum atomic E-state index is 5.96. The fourth-order valence-electron chi connectivity index (χ4n) is 1.86. The smallest absolute Gasteiger partial charge is 0.169 e. The first kappa shape index (κ1) is 13.1. The van der Waals surface area contributed by atoms with E-state index in [1.165, 1.54) is 11.3 Å². The molecule has 0 radical (unpaired) electrons. The van der Waals surface area contributed by atoms with Crippen LogP contribution in [-0.4, -0.2) is 9.97 Å². The van der Waals surface area contributed by atoms with Gasteiger partial charge in [-0.1, -0.05) is 17.7 Å². The van der Waals surface area contributed by atoms with Crippen LogP contribution in [0.2, 0.25) is 5.02 Å². The van der Waals surface area contributed by atoms with Gasteiger partial charge in [-0.2, -0.15) is 0 Å². The molecule has 6 heteroatoms. The van der Waals surface area contributed by atoms with Gasteiger partial charge in [-0.25, -0.2) is 9.97 Å². The Morgan fingerprint density at radius 1 is 1.30 bits per heavy atom. The summed E-state index contributed by atoms with van der Waals surface area (Å²) in [7, 11) is 0. The summed E-state index contributed by atoms with van der Waals surface area (Å²) in [5.41, 5.74) is 6.92. The second kappa shape index (κ2) is 5.26. The summed E-state index contributed by atoms with van der Waals surface area (Å²) in [6.45, 7) is 2.22. The first-order valence-corrected chi connectivity index (χ1v) is 7.28. The number of aryl methyl sites for hydroxylation is 1. The van der Waals surface area contributed by atoms with Crippen LogP contribution in [0, 0.1) is 6.92 Å². The van der Waals surface area contributed by atoms with Gasteiger partial charge in [-0.15, -0.1) is 11.3 Å². The van der Waals surface area contributed by atoms with Crippen molar-refractivity contribution in [2.45, 2.75) is 13.5 Å². The van der Waals surface area contributed by atoms with Crippen molar-refractivity contribution in [1.29, 1.82) is 0 Å². The molecule has 0 unspecified atom stereocenters. The average molecular weight is 306 g/mol. The molecule has 0 saturated carbocycles. The van der Waals surface area contributed by atoms with Gasteiger partial charge in [0.25, 0.3) is 0 Å². The number of rotatable bonds is 3. The Morgan fingerprint density at radius 2 is 2.15 bits per heavy atom. The monoisotopic (exact) mass is 305 g/mol. The molecule has 0 aliphatic rings. The van der Waals surface area contributed by atoms with E-state index in [9.17, 15) is 0 Å². The molecule has 0 saturated heterocycles. The maximum Gasteiger partial charge on any atom is 0.169 e. The van der Waals surface area contributed by atoms with Crippen LogP contribution in [0.1, 0.15) is 11.4 Å². The molecule has 1 aromatic carbocycles. The molecular weight excluding hydrogens is 294 g/mol. The fourth-order valence-corrected chi connectivity index (χ4v) is 2.81. The van der Waals surface area contributed by atoms with Gasteiger partial charge in [-0.3, -0.25) is 0 Å². The Morgan fingerprint density at radius 3 is 3.00 bits per heavy atom. The van der Waals surface area contributed by atoms with Crippen LogP contribution >= 0.6 is 22.9 Å². The lowest BCUT2D eigenvalue weighted by molar-refractivity contribution is 0.294. The molecule has 3 aromatic rings. The third-order valence-electron chi connectivity index (χ3n) is 2.91. The summed E-state index contributed by atoms with van der Waals surface area (Å²) in [5.74, 6) is 1.78. The fraction of sp³-hybridized carbons (Fsp3) is 0.143. The molecule has 102 valence electrons. The van der Waals surface area contributed by atoms with Crippen molar-refractivity contribution >= 4 is 39.0 Å². The Bertz CT molecular complexity index is 772. The standard InChI is InChI=1S/C14H12ClN3OS/c1-8-2-3-9(15)6-11(8)19-7-12-17-13(16)10-4-5-20-14(10)18-12/h2-6H,7H2,1H3,(H2,16,17,18). The molecule has 0 amide bonds. The first-order valence-electron chi connectivity index (χ1n) is 6.02. The van der Waals surface area contributed by atoms with E-state index in [0.29, 0.717) is 16.7 Å². The molecule has 0 aliphatic heterocycles. The van der Waals surface area contributed by atoms with Crippen LogP contribution in [-0.2, 0) is 6.61 Å². The molecular formula is C14H12ClN3OS. The number of anilines is 1. The molecule has 0 atom stereocenters.